The maximum absolute atomic E-state index is 10.3. The highest BCUT2D eigenvalue weighted by atomic mass is 16.3. The van der Waals surface area contributed by atoms with Gasteiger partial charge in [0.2, 0.25) is 0 Å². The van der Waals surface area contributed by atoms with Crippen molar-refractivity contribution in [2.24, 2.45) is 5.18 Å². The van der Waals surface area contributed by atoms with E-state index >= 15 is 0 Å². The van der Waals surface area contributed by atoms with E-state index in [0.717, 1.165) is 5.56 Å². The largest absolute Gasteiger partial charge is 0.298 e. The van der Waals surface area contributed by atoms with Crippen molar-refractivity contribution in [2.45, 2.75) is 6.92 Å². The molecular formula is C8H7NO2. The van der Waals surface area contributed by atoms with Crippen LogP contribution in [0.5, 0.6) is 0 Å². The van der Waals surface area contributed by atoms with Gasteiger partial charge in [-0.3, -0.25) is 4.79 Å². The maximum atomic E-state index is 10.3. The lowest BCUT2D eigenvalue weighted by Gasteiger charge is -1.95. The summed E-state index contributed by atoms with van der Waals surface area (Å²) in [5.74, 6) is 0. The molecule has 3 heteroatoms. The summed E-state index contributed by atoms with van der Waals surface area (Å²) in [7, 11) is 0. The Kier molecular flexibility index (Phi) is 2.11. The smallest absolute Gasteiger partial charge is 0.152 e. The molecule has 1 aromatic carbocycles. The zero-order chi connectivity index (χ0) is 8.27. The molecule has 0 unspecified atom stereocenters. The van der Waals surface area contributed by atoms with Crippen molar-refractivity contribution in [1.82, 2.24) is 0 Å². The minimum absolute atomic E-state index is 0.200. The van der Waals surface area contributed by atoms with E-state index in [9.17, 15) is 9.70 Å². The molecule has 0 spiro atoms. The minimum atomic E-state index is 0.200. The van der Waals surface area contributed by atoms with Gasteiger partial charge in [0.05, 0.1) is 0 Å². The number of nitrogens with zero attached hydrogens (tertiary/aromatic N) is 1. The average Bonchev–Trinajstić information content (AvgIpc) is 2.04. The van der Waals surface area contributed by atoms with E-state index in [4.69, 9.17) is 0 Å². The highest BCUT2D eigenvalue weighted by Crippen LogP contribution is 2.17. The molecule has 0 amide bonds. The highest BCUT2D eigenvalue weighted by molar-refractivity contribution is 5.83. The van der Waals surface area contributed by atoms with Gasteiger partial charge in [0.25, 0.3) is 0 Å². The molecule has 0 aliphatic heterocycles. The Bertz CT molecular complexity index is 294. The van der Waals surface area contributed by atoms with Crippen LogP contribution in [0, 0.1) is 11.8 Å². The molecule has 0 heterocycles. The van der Waals surface area contributed by atoms with Crippen molar-refractivity contribution < 1.29 is 4.79 Å². The molecule has 3 nitrogen and oxygen atoms in total. The standard InChI is InChI=1S/C8H7NO2/c1-6-2-3-8(9-11)7(4-6)5-10/h2-5H,1H3. The second kappa shape index (κ2) is 3.05. The van der Waals surface area contributed by atoms with E-state index in [1.54, 1.807) is 12.1 Å². The van der Waals surface area contributed by atoms with Gasteiger partial charge >= 0.3 is 0 Å². The number of hydrogen-bond acceptors (Lipinski definition) is 3. The van der Waals surface area contributed by atoms with Crippen molar-refractivity contribution in [3.05, 3.63) is 34.2 Å². The fourth-order valence-corrected chi connectivity index (χ4v) is 0.851. The molecule has 0 fully saturated rings. The summed E-state index contributed by atoms with van der Waals surface area (Å²) >= 11 is 0. The van der Waals surface area contributed by atoms with Gasteiger partial charge in [0, 0.05) is 5.56 Å². The third-order valence-corrected chi connectivity index (χ3v) is 1.41. The number of carbonyl (C=O) groups excluding carboxylic acids is 1. The molecule has 0 atom stereocenters. The molecule has 0 saturated carbocycles. The second-order valence-corrected chi connectivity index (χ2v) is 2.27. The normalized spacial score (nSPS) is 9.18. The van der Waals surface area contributed by atoms with Crippen LogP contribution in [0.25, 0.3) is 0 Å². The van der Waals surface area contributed by atoms with Gasteiger partial charge in [-0.15, -0.1) is 4.91 Å². The van der Waals surface area contributed by atoms with Crippen molar-refractivity contribution in [3.63, 3.8) is 0 Å². The summed E-state index contributed by atoms with van der Waals surface area (Å²) in [6, 6.07) is 4.90. The molecule has 0 N–H and O–H groups in total. The van der Waals surface area contributed by atoms with E-state index in [1.807, 2.05) is 6.92 Å². The highest BCUT2D eigenvalue weighted by Gasteiger charge is 1.99. The molecule has 0 radical (unpaired) electrons. The monoisotopic (exact) mass is 149 g/mol. The predicted molar refractivity (Wildman–Crippen MR) is 42.0 cm³/mol. The van der Waals surface area contributed by atoms with Crippen molar-refractivity contribution in [1.29, 1.82) is 0 Å². The van der Waals surface area contributed by atoms with E-state index in [2.05, 4.69) is 5.18 Å². The zero-order valence-corrected chi connectivity index (χ0v) is 6.07. The first kappa shape index (κ1) is 7.60. The molecule has 0 bridgehead atoms. The van der Waals surface area contributed by atoms with Crippen LogP contribution in [0.1, 0.15) is 15.9 Å². The van der Waals surface area contributed by atoms with Gasteiger partial charge in [-0.05, 0) is 24.2 Å². The number of aldehydes is 1. The number of rotatable bonds is 2. The first-order chi connectivity index (χ1) is 5.27. The molecule has 11 heavy (non-hydrogen) atoms. The van der Waals surface area contributed by atoms with E-state index in [1.165, 1.54) is 6.07 Å². The third-order valence-electron chi connectivity index (χ3n) is 1.41. The Hall–Kier alpha value is -1.51. The first-order valence-electron chi connectivity index (χ1n) is 3.17. The number of nitroso groups, excluding NO2 is 1. The fourth-order valence-electron chi connectivity index (χ4n) is 0.851. The quantitative estimate of drug-likeness (QED) is 0.478. The molecule has 0 aromatic heterocycles. The van der Waals surface area contributed by atoms with Crippen LogP contribution in [-0.2, 0) is 0 Å². The van der Waals surface area contributed by atoms with Crippen molar-refractivity contribution >= 4 is 12.0 Å². The van der Waals surface area contributed by atoms with Gasteiger partial charge in [0.1, 0.15) is 5.69 Å². The molecule has 1 aromatic rings. The predicted octanol–water partition coefficient (Wildman–Crippen LogP) is 2.21. The van der Waals surface area contributed by atoms with Crippen molar-refractivity contribution in [2.75, 3.05) is 0 Å². The SMILES string of the molecule is Cc1ccc(N=O)c(C=O)c1. The third kappa shape index (κ3) is 1.49. The fraction of sp³-hybridized carbons (Fsp3) is 0.125. The van der Waals surface area contributed by atoms with Crippen molar-refractivity contribution in [3.8, 4) is 0 Å². The summed E-state index contributed by atoms with van der Waals surface area (Å²) in [6.45, 7) is 1.85. The van der Waals surface area contributed by atoms with E-state index < -0.39 is 0 Å². The number of hydrogen-bond donors (Lipinski definition) is 0. The summed E-state index contributed by atoms with van der Waals surface area (Å²) in [5, 5.41) is 2.70. The van der Waals surface area contributed by atoms with Crippen LogP contribution in [0.4, 0.5) is 5.69 Å². The number of benzene rings is 1. The van der Waals surface area contributed by atoms with Gasteiger partial charge in [-0.25, -0.2) is 0 Å². The van der Waals surface area contributed by atoms with E-state index in [0.29, 0.717) is 11.8 Å². The number of aryl methyl sites for hydroxylation is 1. The van der Waals surface area contributed by atoms with Crippen LogP contribution in [0.2, 0.25) is 0 Å². The lowest BCUT2D eigenvalue weighted by Crippen LogP contribution is -1.81. The first-order valence-corrected chi connectivity index (χ1v) is 3.17. The topological polar surface area (TPSA) is 46.5 Å². The lowest BCUT2D eigenvalue weighted by atomic mass is 10.1. The Labute approximate surface area is 64.0 Å². The van der Waals surface area contributed by atoms with Crippen LogP contribution in [0.3, 0.4) is 0 Å². The minimum Gasteiger partial charge on any atom is -0.298 e. The van der Waals surface area contributed by atoms with Crippen LogP contribution in [-0.4, -0.2) is 6.29 Å². The van der Waals surface area contributed by atoms with Crippen LogP contribution >= 0.6 is 0 Å². The molecule has 0 saturated heterocycles. The van der Waals surface area contributed by atoms with Gasteiger partial charge < -0.3 is 0 Å². The number of carbonyl (C=O) groups is 1. The lowest BCUT2D eigenvalue weighted by molar-refractivity contribution is 0.112. The molecule has 0 aliphatic rings. The summed E-state index contributed by atoms with van der Waals surface area (Å²) in [6.07, 6.45) is 0.629. The van der Waals surface area contributed by atoms with Gasteiger partial charge in [-0.1, -0.05) is 11.6 Å². The molecule has 56 valence electrons. The summed E-state index contributed by atoms with van der Waals surface area (Å²) < 4.78 is 0. The van der Waals surface area contributed by atoms with Crippen LogP contribution < -0.4 is 0 Å². The Balaban J connectivity index is 3.26. The Morgan fingerprint density at radius 3 is 2.73 bits per heavy atom. The Morgan fingerprint density at radius 2 is 2.18 bits per heavy atom. The van der Waals surface area contributed by atoms with E-state index in [-0.39, 0.29) is 5.69 Å². The average molecular weight is 149 g/mol. The molecule has 0 aliphatic carbocycles. The Morgan fingerprint density at radius 1 is 1.45 bits per heavy atom. The summed E-state index contributed by atoms with van der Waals surface area (Å²) in [4.78, 5) is 20.4. The van der Waals surface area contributed by atoms with Crippen LogP contribution in [0.15, 0.2) is 23.4 Å². The summed E-state index contributed by atoms with van der Waals surface area (Å²) in [5.41, 5.74) is 1.49. The second-order valence-electron chi connectivity index (χ2n) is 2.27. The van der Waals surface area contributed by atoms with Gasteiger partial charge in [0.15, 0.2) is 6.29 Å². The molecule has 1 rings (SSSR count). The molecular weight excluding hydrogens is 142 g/mol. The zero-order valence-electron chi connectivity index (χ0n) is 6.07. The van der Waals surface area contributed by atoms with Gasteiger partial charge in [-0.2, -0.15) is 0 Å². The maximum Gasteiger partial charge on any atom is 0.152 e.